The number of rotatable bonds is 4. The van der Waals surface area contributed by atoms with Gasteiger partial charge in [0.25, 0.3) is 0 Å². The van der Waals surface area contributed by atoms with Crippen molar-refractivity contribution >= 4 is 5.69 Å². The smallest absolute Gasteiger partial charge is 0.123 e. The number of ether oxygens (including phenoxy) is 1. The van der Waals surface area contributed by atoms with Crippen molar-refractivity contribution in [1.82, 2.24) is 0 Å². The summed E-state index contributed by atoms with van der Waals surface area (Å²) in [4.78, 5) is 2.31. The third kappa shape index (κ3) is 3.45. The number of anilines is 1. The molecule has 0 aromatic heterocycles. The van der Waals surface area contributed by atoms with Gasteiger partial charge in [-0.05, 0) is 49.4 Å². The van der Waals surface area contributed by atoms with Crippen molar-refractivity contribution < 1.29 is 9.13 Å². The first kappa shape index (κ1) is 14.3. The lowest BCUT2D eigenvalue weighted by molar-refractivity contribution is 0.143. The minimum Gasteiger partial charge on any atom is -0.384 e. The minimum atomic E-state index is -0.221. The molecule has 1 aliphatic rings. The lowest BCUT2D eigenvalue weighted by Gasteiger charge is -2.35. The van der Waals surface area contributed by atoms with Crippen molar-refractivity contribution in [3.63, 3.8) is 0 Å². The molecule has 0 radical (unpaired) electrons. The highest BCUT2D eigenvalue weighted by molar-refractivity contribution is 5.55. The lowest BCUT2D eigenvalue weighted by atomic mass is 9.96. The van der Waals surface area contributed by atoms with Crippen LogP contribution in [-0.4, -0.2) is 26.8 Å². The third-order valence-electron chi connectivity index (χ3n) is 3.74. The second-order valence-electron chi connectivity index (χ2n) is 5.40. The van der Waals surface area contributed by atoms with Crippen molar-refractivity contribution in [2.75, 3.05) is 31.7 Å². The predicted octanol–water partition coefficient (Wildman–Crippen LogP) is 2.71. The molecule has 1 unspecified atom stereocenters. The Hall–Kier alpha value is -1.13. The fourth-order valence-electron chi connectivity index (χ4n) is 2.83. The fourth-order valence-corrected chi connectivity index (χ4v) is 2.83. The second kappa shape index (κ2) is 6.35. The molecule has 1 aromatic carbocycles. The van der Waals surface area contributed by atoms with Crippen molar-refractivity contribution in [3.05, 3.63) is 29.6 Å². The van der Waals surface area contributed by atoms with E-state index in [1.165, 1.54) is 12.5 Å². The van der Waals surface area contributed by atoms with Crippen molar-refractivity contribution in [3.8, 4) is 0 Å². The van der Waals surface area contributed by atoms with E-state index in [1.54, 1.807) is 13.2 Å². The predicted molar refractivity (Wildman–Crippen MR) is 75.8 cm³/mol. The van der Waals surface area contributed by atoms with Gasteiger partial charge in [-0.15, -0.1) is 0 Å². The maximum Gasteiger partial charge on any atom is 0.123 e. The van der Waals surface area contributed by atoms with Gasteiger partial charge in [0.05, 0.1) is 6.61 Å². The lowest BCUT2D eigenvalue weighted by Crippen LogP contribution is -2.38. The summed E-state index contributed by atoms with van der Waals surface area (Å²) >= 11 is 0. The highest BCUT2D eigenvalue weighted by atomic mass is 19.1. The standard InChI is InChI=1S/C15H23FN2O/c1-11(17)14-8-13(16)5-6-15(14)18-7-3-4-12(9-18)10-19-2/h5-6,8,11-12H,3-4,7,9-10,17H2,1-2H3/t11-,12?/m0/s1. The summed E-state index contributed by atoms with van der Waals surface area (Å²) in [5, 5.41) is 0. The monoisotopic (exact) mass is 266 g/mol. The molecule has 3 nitrogen and oxygen atoms in total. The quantitative estimate of drug-likeness (QED) is 0.910. The molecule has 19 heavy (non-hydrogen) atoms. The van der Waals surface area contributed by atoms with Gasteiger partial charge in [-0.1, -0.05) is 0 Å². The summed E-state index contributed by atoms with van der Waals surface area (Å²) in [6, 6.07) is 4.76. The van der Waals surface area contributed by atoms with Gasteiger partial charge < -0.3 is 15.4 Å². The SMILES string of the molecule is COCC1CCCN(c2ccc(F)cc2[C@H](C)N)C1. The highest BCUT2D eigenvalue weighted by Gasteiger charge is 2.22. The Morgan fingerprint density at radius 1 is 1.53 bits per heavy atom. The zero-order chi connectivity index (χ0) is 13.8. The van der Waals surface area contributed by atoms with E-state index in [9.17, 15) is 4.39 Å². The maximum atomic E-state index is 13.4. The summed E-state index contributed by atoms with van der Waals surface area (Å²) in [5.74, 6) is 0.325. The average Bonchev–Trinajstić information content (AvgIpc) is 2.39. The highest BCUT2D eigenvalue weighted by Crippen LogP contribution is 2.30. The molecule has 0 aliphatic carbocycles. The fraction of sp³-hybridized carbons (Fsp3) is 0.600. The molecule has 1 fully saturated rings. The molecule has 2 rings (SSSR count). The number of hydrogen-bond donors (Lipinski definition) is 1. The Kier molecular flexibility index (Phi) is 4.77. The first-order valence-electron chi connectivity index (χ1n) is 6.90. The van der Waals surface area contributed by atoms with E-state index in [4.69, 9.17) is 10.5 Å². The Labute approximate surface area is 114 Å². The van der Waals surface area contributed by atoms with E-state index in [-0.39, 0.29) is 11.9 Å². The molecule has 106 valence electrons. The molecule has 0 saturated carbocycles. The Morgan fingerprint density at radius 2 is 2.32 bits per heavy atom. The van der Waals surface area contributed by atoms with Crippen LogP contribution in [0.5, 0.6) is 0 Å². The molecule has 1 saturated heterocycles. The van der Waals surface area contributed by atoms with Crippen LogP contribution < -0.4 is 10.6 Å². The Morgan fingerprint density at radius 3 is 3.00 bits per heavy atom. The number of nitrogens with two attached hydrogens (primary N) is 1. The van der Waals surface area contributed by atoms with Crippen LogP contribution in [0.4, 0.5) is 10.1 Å². The van der Waals surface area contributed by atoms with Crippen LogP contribution in [0.2, 0.25) is 0 Å². The largest absolute Gasteiger partial charge is 0.384 e. The van der Waals surface area contributed by atoms with E-state index in [0.29, 0.717) is 5.92 Å². The molecule has 2 N–H and O–H groups in total. The number of hydrogen-bond acceptors (Lipinski definition) is 3. The summed E-state index contributed by atoms with van der Waals surface area (Å²) < 4.78 is 18.6. The molecule has 0 bridgehead atoms. The zero-order valence-electron chi connectivity index (χ0n) is 11.7. The van der Waals surface area contributed by atoms with Crippen molar-refractivity contribution in [2.45, 2.75) is 25.8 Å². The van der Waals surface area contributed by atoms with E-state index in [0.717, 1.165) is 37.4 Å². The van der Waals surface area contributed by atoms with Crippen LogP contribution in [0.15, 0.2) is 18.2 Å². The normalized spacial score (nSPS) is 21.5. The molecule has 2 atom stereocenters. The van der Waals surface area contributed by atoms with Crippen LogP contribution in [0, 0.1) is 11.7 Å². The van der Waals surface area contributed by atoms with E-state index in [2.05, 4.69) is 4.90 Å². The zero-order valence-corrected chi connectivity index (χ0v) is 11.7. The Bertz CT molecular complexity index is 421. The molecule has 1 aliphatic heterocycles. The van der Waals surface area contributed by atoms with Crippen LogP contribution in [0.25, 0.3) is 0 Å². The summed E-state index contributed by atoms with van der Waals surface area (Å²) in [6.45, 7) is 4.64. The van der Waals surface area contributed by atoms with E-state index >= 15 is 0 Å². The third-order valence-corrected chi connectivity index (χ3v) is 3.74. The van der Waals surface area contributed by atoms with Crippen molar-refractivity contribution in [1.29, 1.82) is 0 Å². The first-order chi connectivity index (χ1) is 9.11. The van der Waals surface area contributed by atoms with Gasteiger partial charge in [-0.3, -0.25) is 0 Å². The van der Waals surface area contributed by atoms with Crippen molar-refractivity contribution in [2.24, 2.45) is 11.7 Å². The topological polar surface area (TPSA) is 38.5 Å². The van der Waals surface area contributed by atoms with Crippen LogP contribution >= 0.6 is 0 Å². The van der Waals surface area contributed by atoms with Crippen LogP contribution in [-0.2, 0) is 4.74 Å². The van der Waals surface area contributed by atoms with E-state index < -0.39 is 0 Å². The first-order valence-corrected chi connectivity index (χ1v) is 6.90. The van der Waals surface area contributed by atoms with E-state index in [1.807, 2.05) is 13.0 Å². The average molecular weight is 266 g/mol. The number of piperidine rings is 1. The second-order valence-corrected chi connectivity index (χ2v) is 5.40. The summed E-state index contributed by atoms with van der Waals surface area (Å²) in [7, 11) is 1.74. The molecule has 4 heteroatoms. The van der Waals surface area contributed by atoms with Gasteiger partial charge in [0.1, 0.15) is 5.82 Å². The van der Waals surface area contributed by atoms with Gasteiger partial charge >= 0.3 is 0 Å². The number of nitrogens with zero attached hydrogens (tertiary/aromatic N) is 1. The van der Waals surface area contributed by atoms with Crippen LogP contribution in [0.3, 0.4) is 0 Å². The number of benzene rings is 1. The molecule has 1 heterocycles. The minimum absolute atomic E-state index is 0.159. The van der Waals surface area contributed by atoms with Gasteiger partial charge in [0.2, 0.25) is 0 Å². The van der Waals surface area contributed by atoms with Gasteiger partial charge in [-0.2, -0.15) is 0 Å². The molecular weight excluding hydrogens is 243 g/mol. The number of methoxy groups -OCH3 is 1. The molecule has 0 amide bonds. The number of halogens is 1. The van der Waals surface area contributed by atoms with Gasteiger partial charge in [0.15, 0.2) is 0 Å². The molecule has 1 aromatic rings. The van der Waals surface area contributed by atoms with Gasteiger partial charge in [0, 0.05) is 31.9 Å². The van der Waals surface area contributed by atoms with Crippen LogP contribution in [0.1, 0.15) is 31.4 Å². The Balaban J connectivity index is 2.20. The maximum absolute atomic E-state index is 13.4. The summed E-state index contributed by atoms with van der Waals surface area (Å²) in [5.41, 5.74) is 7.92. The summed E-state index contributed by atoms with van der Waals surface area (Å²) in [6.07, 6.45) is 2.34. The molecule has 0 spiro atoms. The van der Waals surface area contributed by atoms with Gasteiger partial charge in [-0.25, -0.2) is 4.39 Å². The molecular formula is C15H23FN2O.